The molecular formula is C6H12N. The minimum absolute atomic E-state index is 0.514. The highest BCUT2D eigenvalue weighted by atomic mass is 14.9. The third-order valence-corrected chi connectivity index (χ3v) is 1.69. The van der Waals surface area contributed by atoms with Crippen molar-refractivity contribution in [3.8, 4) is 0 Å². The van der Waals surface area contributed by atoms with Crippen LogP contribution in [0.5, 0.6) is 0 Å². The first-order chi connectivity index (χ1) is 3.30. The summed E-state index contributed by atoms with van der Waals surface area (Å²) < 4.78 is 0. The van der Waals surface area contributed by atoms with Crippen molar-refractivity contribution in [1.82, 2.24) is 5.32 Å². The molecule has 1 aliphatic heterocycles. The average molecular weight is 98.2 g/mol. The summed E-state index contributed by atoms with van der Waals surface area (Å²) in [5.41, 5.74) is 0. The van der Waals surface area contributed by atoms with E-state index in [0.29, 0.717) is 6.04 Å². The fraction of sp³-hybridized carbons (Fsp3) is 0.833. The summed E-state index contributed by atoms with van der Waals surface area (Å²) in [7, 11) is 0. The zero-order chi connectivity index (χ0) is 5.28. The van der Waals surface area contributed by atoms with Crippen LogP contribution in [0.4, 0.5) is 0 Å². The van der Waals surface area contributed by atoms with E-state index in [4.69, 9.17) is 0 Å². The molecule has 0 spiro atoms. The molecular weight excluding hydrogens is 86.1 g/mol. The van der Waals surface area contributed by atoms with Crippen molar-refractivity contribution in [2.24, 2.45) is 5.92 Å². The Balaban J connectivity index is 2.33. The molecule has 2 atom stereocenters. The molecule has 1 nitrogen and oxygen atoms in total. The standard InChI is InChI=1S/C6H12N/c1-5-3-4-7-6(5)2/h5-7H,2-4H2,1H3. The third-order valence-electron chi connectivity index (χ3n) is 1.69. The van der Waals surface area contributed by atoms with E-state index in [1.165, 1.54) is 6.42 Å². The van der Waals surface area contributed by atoms with E-state index in [-0.39, 0.29) is 0 Å². The molecule has 1 N–H and O–H groups in total. The van der Waals surface area contributed by atoms with E-state index in [0.717, 1.165) is 12.5 Å². The molecule has 41 valence electrons. The Morgan fingerprint density at radius 1 is 1.71 bits per heavy atom. The maximum atomic E-state index is 3.91. The van der Waals surface area contributed by atoms with E-state index in [2.05, 4.69) is 19.2 Å². The van der Waals surface area contributed by atoms with Crippen LogP contribution in [0.2, 0.25) is 0 Å². The smallest absolute Gasteiger partial charge is 0.00937 e. The Morgan fingerprint density at radius 3 is 2.57 bits per heavy atom. The molecule has 0 amide bonds. The Kier molecular flexibility index (Phi) is 1.33. The molecule has 1 aliphatic rings. The molecule has 1 radical (unpaired) electrons. The van der Waals surface area contributed by atoms with Gasteiger partial charge in [-0.15, -0.1) is 0 Å². The quantitative estimate of drug-likeness (QED) is 0.473. The highest BCUT2D eigenvalue weighted by Gasteiger charge is 2.16. The zero-order valence-electron chi connectivity index (χ0n) is 4.78. The molecule has 1 fully saturated rings. The maximum absolute atomic E-state index is 3.91. The van der Waals surface area contributed by atoms with Gasteiger partial charge in [0.2, 0.25) is 0 Å². The monoisotopic (exact) mass is 98.1 g/mol. The number of hydrogen-bond donors (Lipinski definition) is 1. The van der Waals surface area contributed by atoms with Crippen molar-refractivity contribution in [2.45, 2.75) is 19.4 Å². The second kappa shape index (κ2) is 1.83. The van der Waals surface area contributed by atoms with Gasteiger partial charge in [-0.25, -0.2) is 0 Å². The minimum atomic E-state index is 0.514. The van der Waals surface area contributed by atoms with Crippen LogP contribution in [-0.4, -0.2) is 12.6 Å². The van der Waals surface area contributed by atoms with Gasteiger partial charge in [0.05, 0.1) is 0 Å². The zero-order valence-corrected chi connectivity index (χ0v) is 4.78. The Morgan fingerprint density at radius 2 is 2.43 bits per heavy atom. The highest BCUT2D eigenvalue weighted by Crippen LogP contribution is 2.11. The summed E-state index contributed by atoms with van der Waals surface area (Å²) in [5, 5.41) is 3.26. The summed E-state index contributed by atoms with van der Waals surface area (Å²) in [5.74, 6) is 0.792. The topological polar surface area (TPSA) is 12.0 Å². The first kappa shape index (κ1) is 5.10. The lowest BCUT2D eigenvalue weighted by atomic mass is 10.1. The van der Waals surface area contributed by atoms with Crippen molar-refractivity contribution in [3.05, 3.63) is 6.92 Å². The lowest BCUT2D eigenvalue weighted by Gasteiger charge is -2.05. The molecule has 2 unspecified atom stereocenters. The van der Waals surface area contributed by atoms with E-state index in [1.54, 1.807) is 0 Å². The largest absolute Gasteiger partial charge is 0.314 e. The van der Waals surface area contributed by atoms with Gasteiger partial charge in [-0.3, -0.25) is 0 Å². The van der Waals surface area contributed by atoms with Crippen LogP contribution >= 0.6 is 0 Å². The van der Waals surface area contributed by atoms with Crippen molar-refractivity contribution in [2.75, 3.05) is 6.54 Å². The summed E-state index contributed by atoms with van der Waals surface area (Å²) >= 11 is 0. The lowest BCUT2D eigenvalue weighted by molar-refractivity contribution is 0.559. The predicted octanol–water partition coefficient (Wildman–Crippen LogP) is 0.818. The van der Waals surface area contributed by atoms with Crippen LogP contribution in [0.1, 0.15) is 13.3 Å². The van der Waals surface area contributed by atoms with Gasteiger partial charge in [-0.2, -0.15) is 0 Å². The molecule has 1 heteroatoms. The van der Waals surface area contributed by atoms with E-state index >= 15 is 0 Å². The molecule has 0 aromatic heterocycles. The van der Waals surface area contributed by atoms with Gasteiger partial charge in [0.25, 0.3) is 0 Å². The molecule has 1 rings (SSSR count). The second-order valence-corrected chi connectivity index (χ2v) is 2.33. The molecule has 0 aliphatic carbocycles. The summed E-state index contributed by atoms with van der Waals surface area (Å²) in [4.78, 5) is 0. The normalized spacial score (nSPS) is 42.0. The van der Waals surface area contributed by atoms with Gasteiger partial charge in [0, 0.05) is 6.04 Å². The SMILES string of the molecule is [CH2]C1NCCC1C. The fourth-order valence-corrected chi connectivity index (χ4v) is 0.899. The van der Waals surface area contributed by atoms with Crippen LogP contribution in [0.3, 0.4) is 0 Å². The third kappa shape index (κ3) is 0.942. The van der Waals surface area contributed by atoms with Crippen LogP contribution in [0, 0.1) is 12.8 Å². The summed E-state index contributed by atoms with van der Waals surface area (Å²) in [6.45, 7) is 7.30. The van der Waals surface area contributed by atoms with E-state index in [1.807, 2.05) is 0 Å². The molecule has 7 heavy (non-hydrogen) atoms. The molecule has 0 aromatic carbocycles. The molecule has 0 aromatic rings. The molecule has 1 heterocycles. The predicted molar refractivity (Wildman–Crippen MR) is 30.9 cm³/mol. The molecule has 0 saturated carbocycles. The van der Waals surface area contributed by atoms with Gasteiger partial charge in [-0.1, -0.05) is 6.92 Å². The van der Waals surface area contributed by atoms with Gasteiger partial charge in [0.15, 0.2) is 0 Å². The van der Waals surface area contributed by atoms with Crippen molar-refractivity contribution >= 4 is 0 Å². The summed E-state index contributed by atoms with van der Waals surface area (Å²) in [6, 6.07) is 0.514. The van der Waals surface area contributed by atoms with Gasteiger partial charge in [0.1, 0.15) is 0 Å². The van der Waals surface area contributed by atoms with Gasteiger partial charge in [-0.05, 0) is 25.8 Å². The summed E-state index contributed by atoms with van der Waals surface area (Å²) in [6.07, 6.45) is 1.30. The van der Waals surface area contributed by atoms with E-state index < -0.39 is 0 Å². The van der Waals surface area contributed by atoms with Crippen molar-refractivity contribution in [1.29, 1.82) is 0 Å². The first-order valence-electron chi connectivity index (χ1n) is 2.87. The van der Waals surface area contributed by atoms with Crippen LogP contribution in [-0.2, 0) is 0 Å². The van der Waals surface area contributed by atoms with Crippen LogP contribution < -0.4 is 5.32 Å². The maximum Gasteiger partial charge on any atom is 0.00937 e. The van der Waals surface area contributed by atoms with Crippen molar-refractivity contribution in [3.63, 3.8) is 0 Å². The first-order valence-corrected chi connectivity index (χ1v) is 2.87. The molecule has 1 saturated heterocycles. The Hall–Kier alpha value is -0.0400. The Labute approximate surface area is 45.1 Å². The van der Waals surface area contributed by atoms with Gasteiger partial charge < -0.3 is 5.32 Å². The Bertz CT molecular complexity index is 53.2. The average Bonchev–Trinajstić information content (AvgIpc) is 1.91. The van der Waals surface area contributed by atoms with Crippen LogP contribution in [0.25, 0.3) is 0 Å². The van der Waals surface area contributed by atoms with Crippen LogP contribution in [0.15, 0.2) is 0 Å². The second-order valence-electron chi connectivity index (χ2n) is 2.33. The minimum Gasteiger partial charge on any atom is -0.314 e. The van der Waals surface area contributed by atoms with Crippen molar-refractivity contribution < 1.29 is 0 Å². The highest BCUT2D eigenvalue weighted by molar-refractivity contribution is 4.81. The number of hydrogen-bond acceptors (Lipinski definition) is 1. The van der Waals surface area contributed by atoms with Gasteiger partial charge >= 0.3 is 0 Å². The number of nitrogens with one attached hydrogen (secondary N) is 1. The molecule has 0 bridgehead atoms. The van der Waals surface area contributed by atoms with E-state index in [9.17, 15) is 0 Å². The lowest BCUT2D eigenvalue weighted by Crippen LogP contribution is -2.21. The fourth-order valence-electron chi connectivity index (χ4n) is 0.899. The number of rotatable bonds is 0.